The van der Waals surface area contributed by atoms with Gasteiger partial charge < -0.3 is 24.9 Å². The summed E-state index contributed by atoms with van der Waals surface area (Å²) in [7, 11) is 3.98. The predicted octanol–water partition coefficient (Wildman–Crippen LogP) is 2.25. The summed E-state index contributed by atoms with van der Waals surface area (Å²) < 4.78 is 39.6. The van der Waals surface area contributed by atoms with E-state index in [0.29, 0.717) is 36.5 Å². The summed E-state index contributed by atoms with van der Waals surface area (Å²) in [5, 5.41) is 9.44. The molecule has 2 fully saturated rings. The topological polar surface area (TPSA) is 87.8 Å². The molecule has 0 aliphatic carbocycles. The van der Waals surface area contributed by atoms with Crippen LogP contribution in [0.1, 0.15) is 12.8 Å². The number of likely N-dealkylation sites (tertiary alicyclic amines) is 1. The van der Waals surface area contributed by atoms with Crippen molar-refractivity contribution in [3.8, 4) is 11.3 Å². The molecule has 2 amide bonds. The molecular formula is C24H32F3N7O2. The van der Waals surface area contributed by atoms with E-state index < -0.39 is 30.6 Å². The van der Waals surface area contributed by atoms with Crippen molar-refractivity contribution in [3.05, 3.63) is 30.3 Å². The van der Waals surface area contributed by atoms with Gasteiger partial charge in [0.05, 0.1) is 5.69 Å². The smallest absolute Gasteiger partial charge is 0.369 e. The fraction of sp³-hybridized carbons (Fsp3) is 0.542. The molecule has 2 N–H and O–H groups in total. The summed E-state index contributed by atoms with van der Waals surface area (Å²) in [5.74, 6) is -2.54. The molecule has 0 radical (unpaired) electrons. The highest BCUT2D eigenvalue weighted by Crippen LogP contribution is 2.26. The maximum atomic E-state index is 13.2. The minimum Gasteiger partial charge on any atom is -0.369 e. The molecule has 2 aliphatic heterocycles. The number of piperazine rings is 1. The highest BCUT2D eigenvalue weighted by molar-refractivity contribution is 5.95. The van der Waals surface area contributed by atoms with E-state index in [1.54, 1.807) is 6.07 Å². The minimum absolute atomic E-state index is 0.181. The fourth-order valence-corrected chi connectivity index (χ4v) is 4.62. The van der Waals surface area contributed by atoms with Gasteiger partial charge in [0.1, 0.15) is 6.54 Å². The van der Waals surface area contributed by atoms with Crippen LogP contribution in [0.15, 0.2) is 30.3 Å². The lowest BCUT2D eigenvalue weighted by Crippen LogP contribution is -2.53. The number of nitrogens with zero attached hydrogens (tertiary/aromatic N) is 5. The molecule has 12 heteroatoms. The predicted molar refractivity (Wildman–Crippen MR) is 131 cm³/mol. The van der Waals surface area contributed by atoms with E-state index in [-0.39, 0.29) is 5.82 Å². The van der Waals surface area contributed by atoms with Crippen LogP contribution in [0.3, 0.4) is 0 Å². The van der Waals surface area contributed by atoms with Gasteiger partial charge in [0.15, 0.2) is 5.82 Å². The van der Waals surface area contributed by atoms with E-state index in [4.69, 9.17) is 0 Å². The average molecular weight is 508 g/mol. The van der Waals surface area contributed by atoms with Crippen LogP contribution in [0.5, 0.6) is 0 Å². The Morgan fingerprint density at radius 2 is 1.64 bits per heavy atom. The lowest BCUT2D eigenvalue weighted by Gasteiger charge is -2.37. The van der Waals surface area contributed by atoms with E-state index >= 15 is 0 Å². The van der Waals surface area contributed by atoms with Gasteiger partial charge in [-0.05, 0) is 57.7 Å². The first-order chi connectivity index (χ1) is 17.1. The summed E-state index contributed by atoms with van der Waals surface area (Å²) in [6.07, 6.45) is -4.29. The van der Waals surface area contributed by atoms with Crippen LogP contribution < -0.4 is 10.2 Å². The Balaban J connectivity index is 1.38. The average Bonchev–Trinajstić information content (AvgIpc) is 3.31. The molecule has 0 bridgehead atoms. The molecular weight excluding hydrogens is 475 g/mol. The monoisotopic (exact) mass is 507 g/mol. The van der Waals surface area contributed by atoms with Gasteiger partial charge in [0.2, 0.25) is 5.91 Å². The first kappa shape index (κ1) is 26.0. The summed E-state index contributed by atoms with van der Waals surface area (Å²) in [6, 6.07) is 8.94. The SMILES string of the molecule is CN1CCC(N(CC(=O)Nc2cc(-c3ccc(N4CCN(C)CC4)cc3)[nH]n2)C(=O)C(F)(F)F)CC1. The number of rotatable bonds is 6. The molecule has 0 spiro atoms. The Hall–Kier alpha value is -3.12. The molecule has 0 atom stereocenters. The van der Waals surface area contributed by atoms with Gasteiger partial charge in [-0.25, -0.2) is 0 Å². The van der Waals surface area contributed by atoms with Gasteiger partial charge in [-0.2, -0.15) is 18.3 Å². The lowest BCUT2D eigenvalue weighted by atomic mass is 10.0. The van der Waals surface area contributed by atoms with Gasteiger partial charge in [-0.1, -0.05) is 12.1 Å². The van der Waals surface area contributed by atoms with E-state index in [1.165, 1.54) is 0 Å². The first-order valence-corrected chi connectivity index (χ1v) is 12.1. The number of carbonyl (C=O) groups is 2. The van der Waals surface area contributed by atoms with E-state index in [2.05, 4.69) is 32.4 Å². The lowest BCUT2D eigenvalue weighted by molar-refractivity contribution is -0.188. The first-order valence-electron chi connectivity index (χ1n) is 12.1. The third-order valence-electron chi connectivity index (χ3n) is 6.84. The van der Waals surface area contributed by atoms with E-state index in [0.717, 1.165) is 37.4 Å². The molecule has 2 aliphatic rings. The number of amides is 2. The van der Waals surface area contributed by atoms with Crippen molar-refractivity contribution in [1.29, 1.82) is 0 Å². The van der Waals surface area contributed by atoms with Crippen molar-refractivity contribution in [2.24, 2.45) is 0 Å². The van der Waals surface area contributed by atoms with Crippen LogP contribution in [-0.4, -0.2) is 109 Å². The van der Waals surface area contributed by atoms with Crippen molar-refractivity contribution in [2.75, 3.05) is 70.1 Å². The zero-order chi connectivity index (χ0) is 25.9. The molecule has 1 aromatic carbocycles. The second-order valence-corrected chi connectivity index (χ2v) is 9.52. The summed E-state index contributed by atoms with van der Waals surface area (Å²) >= 11 is 0. The number of hydrogen-bond donors (Lipinski definition) is 2. The molecule has 1 aromatic heterocycles. The summed E-state index contributed by atoms with van der Waals surface area (Å²) in [5.41, 5.74) is 2.65. The van der Waals surface area contributed by atoms with E-state index in [1.807, 2.05) is 36.2 Å². The zero-order valence-corrected chi connectivity index (χ0v) is 20.5. The number of likely N-dealkylation sites (N-methyl/N-ethyl adjacent to an activating group) is 1. The van der Waals surface area contributed by atoms with Crippen LogP contribution in [-0.2, 0) is 9.59 Å². The molecule has 36 heavy (non-hydrogen) atoms. The van der Waals surface area contributed by atoms with E-state index in [9.17, 15) is 22.8 Å². The maximum Gasteiger partial charge on any atom is 0.471 e. The summed E-state index contributed by atoms with van der Waals surface area (Å²) in [4.78, 5) is 31.9. The standard InChI is InChI=1S/C24H32F3N7O2/c1-31-9-7-19(8-10-31)34(23(36)24(25,26)27)16-22(35)28-21-15-20(29-30-21)17-3-5-18(6-4-17)33-13-11-32(2)12-14-33/h3-6,15,19H,7-14,16H2,1-2H3,(H2,28,29,30,35). The number of halogens is 3. The third-order valence-corrected chi connectivity index (χ3v) is 6.84. The van der Waals surface area contributed by atoms with Crippen LogP contribution in [0.4, 0.5) is 24.7 Å². The summed E-state index contributed by atoms with van der Waals surface area (Å²) in [6.45, 7) is 4.37. The minimum atomic E-state index is -5.04. The van der Waals surface area contributed by atoms with Crippen LogP contribution in [0, 0.1) is 0 Å². The number of aromatic nitrogens is 2. The normalized spacial score (nSPS) is 18.3. The molecule has 4 rings (SSSR count). The second kappa shape index (κ2) is 10.9. The Morgan fingerprint density at radius 3 is 2.25 bits per heavy atom. The molecule has 9 nitrogen and oxygen atoms in total. The molecule has 2 aromatic rings. The van der Waals surface area contributed by atoms with Crippen LogP contribution >= 0.6 is 0 Å². The number of nitrogens with one attached hydrogen (secondary N) is 2. The number of alkyl halides is 3. The Kier molecular flexibility index (Phi) is 7.84. The number of carbonyl (C=O) groups excluding carboxylic acids is 2. The van der Waals surface area contributed by atoms with Gasteiger partial charge in [0, 0.05) is 44.0 Å². The highest BCUT2D eigenvalue weighted by atomic mass is 19.4. The molecule has 0 unspecified atom stereocenters. The Labute approximate surface area is 208 Å². The molecule has 0 saturated carbocycles. The van der Waals surface area contributed by atoms with Gasteiger partial charge >= 0.3 is 12.1 Å². The maximum absolute atomic E-state index is 13.2. The van der Waals surface area contributed by atoms with Crippen molar-refractivity contribution < 1.29 is 22.8 Å². The van der Waals surface area contributed by atoms with Crippen molar-refractivity contribution in [3.63, 3.8) is 0 Å². The quantitative estimate of drug-likeness (QED) is 0.624. The zero-order valence-electron chi connectivity index (χ0n) is 20.5. The van der Waals surface area contributed by atoms with Crippen molar-refractivity contribution in [1.82, 2.24) is 24.9 Å². The molecule has 2 saturated heterocycles. The Morgan fingerprint density at radius 1 is 1.03 bits per heavy atom. The van der Waals surface area contributed by atoms with Gasteiger partial charge in [-0.15, -0.1) is 0 Å². The van der Waals surface area contributed by atoms with Crippen LogP contribution in [0.2, 0.25) is 0 Å². The molecule has 3 heterocycles. The number of aromatic amines is 1. The highest BCUT2D eigenvalue weighted by Gasteiger charge is 2.45. The largest absolute Gasteiger partial charge is 0.471 e. The molecule has 196 valence electrons. The number of H-pyrrole nitrogens is 1. The fourth-order valence-electron chi connectivity index (χ4n) is 4.62. The number of anilines is 2. The van der Waals surface area contributed by atoms with Crippen LogP contribution in [0.25, 0.3) is 11.3 Å². The van der Waals surface area contributed by atoms with Gasteiger partial charge in [0.25, 0.3) is 0 Å². The number of piperidine rings is 1. The Bertz CT molecular complexity index is 1040. The third kappa shape index (κ3) is 6.35. The number of hydrogen-bond acceptors (Lipinski definition) is 6. The van der Waals surface area contributed by atoms with Crippen molar-refractivity contribution >= 4 is 23.3 Å². The second-order valence-electron chi connectivity index (χ2n) is 9.52. The van der Waals surface area contributed by atoms with Crippen molar-refractivity contribution in [2.45, 2.75) is 25.1 Å². The van der Waals surface area contributed by atoms with Gasteiger partial charge in [-0.3, -0.25) is 14.7 Å². The number of benzene rings is 1.